The Labute approximate surface area is 150 Å². The zero-order valence-corrected chi connectivity index (χ0v) is 15.4. The Morgan fingerprint density at radius 1 is 1.24 bits per heavy atom. The first-order valence-corrected chi connectivity index (χ1v) is 9.63. The number of anilines is 1. The van der Waals surface area contributed by atoms with Gasteiger partial charge in [0.15, 0.2) is 11.5 Å². The summed E-state index contributed by atoms with van der Waals surface area (Å²) in [4.78, 5) is 14.6. The third kappa shape index (κ3) is 4.59. The van der Waals surface area contributed by atoms with E-state index < -0.39 is 0 Å². The molecule has 2 aliphatic heterocycles. The lowest BCUT2D eigenvalue weighted by Crippen LogP contribution is -2.45. The van der Waals surface area contributed by atoms with E-state index >= 15 is 0 Å². The molecule has 138 valence electrons. The van der Waals surface area contributed by atoms with Gasteiger partial charge >= 0.3 is 0 Å². The van der Waals surface area contributed by atoms with Crippen molar-refractivity contribution in [3.63, 3.8) is 0 Å². The summed E-state index contributed by atoms with van der Waals surface area (Å²) < 4.78 is 11.2. The van der Waals surface area contributed by atoms with Crippen LogP contribution in [0, 0.1) is 5.92 Å². The van der Waals surface area contributed by atoms with E-state index in [9.17, 15) is 4.79 Å². The number of likely N-dealkylation sites (tertiary alicyclic amines) is 1. The Morgan fingerprint density at radius 3 is 2.76 bits per heavy atom. The molecule has 1 aromatic rings. The van der Waals surface area contributed by atoms with Crippen molar-refractivity contribution in [2.45, 2.75) is 52.0 Å². The molecular weight excluding hydrogens is 316 g/mol. The van der Waals surface area contributed by atoms with Crippen LogP contribution in [0.4, 0.5) is 5.69 Å². The van der Waals surface area contributed by atoms with Crippen LogP contribution in [0.3, 0.4) is 0 Å². The summed E-state index contributed by atoms with van der Waals surface area (Å²) in [5.41, 5.74) is 1.03. The second-order valence-electron chi connectivity index (χ2n) is 7.07. The second kappa shape index (κ2) is 8.45. The summed E-state index contributed by atoms with van der Waals surface area (Å²) in [6.45, 7) is 7.22. The number of benzene rings is 1. The number of amides is 1. The molecule has 0 radical (unpaired) electrons. The maximum Gasteiger partial charge on any atom is 0.222 e. The molecule has 25 heavy (non-hydrogen) atoms. The summed E-state index contributed by atoms with van der Waals surface area (Å²) in [7, 11) is 0. The number of hydrogen-bond acceptors (Lipinski definition) is 4. The Balaban J connectivity index is 1.57. The lowest BCUT2D eigenvalue weighted by molar-refractivity contribution is -0.133. The summed E-state index contributed by atoms with van der Waals surface area (Å²) in [5.74, 6) is 2.43. The molecule has 0 spiro atoms. The Morgan fingerprint density at radius 2 is 2.00 bits per heavy atom. The summed E-state index contributed by atoms with van der Waals surface area (Å²) in [6.07, 6.45) is 4.98. The van der Waals surface area contributed by atoms with E-state index in [1.165, 1.54) is 0 Å². The number of nitrogens with one attached hydrogen (secondary N) is 1. The highest BCUT2D eigenvalue weighted by Crippen LogP contribution is 2.33. The quantitative estimate of drug-likeness (QED) is 0.853. The molecule has 1 aromatic carbocycles. The zero-order chi connectivity index (χ0) is 17.6. The average molecular weight is 346 g/mol. The monoisotopic (exact) mass is 346 g/mol. The van der Waals surface area contributed by atoms with Gasteiger partial charge < -0.3 is 19.7 Å². The van der Waals surface area contributed by atoms with Gasteiger partial charge in [0.1, 0.15) is 13.2 Å². The van der Waals surface area contributed by atoms with E-state index in [-0.39, 0.29) is 0 Å². The fourth-order valence-electron chi connectivity index (χ4n) is 3.64. The summed E-state index contributed by atoms with van der Waals surface area (Å²) in [6, 6.07) is 6.27. The minimum Gasteiger partial charge on any atom is -0.486 e. The molecular formula is C20H30N2O3. The van der Waals surface area contributed by atoms with Crippen molar-refractivity contribution in [2.24, 2.45) is 5.92 Å². The predicted octanol–water partition coefficient (Wildman–Crippen LogP) is 3.69. The van der Waals surface area contributed by atoms with Crippen LogP contribution >= 0.6 is 0 Å². The third-order valence-electron chi connectivity index (χ3n) is 5.31. The molecule has 0 aliphatic carbocycles. The van der Waals surface area contributed by atoms with Crippen LogP contribution in [0.2, 0.25) is 0 Å². The van der Waals surface area contributed by atoms with Crippen molar-refractivity contribution < 1.29 is 14.3 Å². The molecule has 1 N–H and O–H groups in total. The van der Waals surface area contributed by atoms with Crippen molar-refractivity contribution in [1.82, 2.24) is 4.90 Å². The van der Waals surface area contributed by atoms with Crippen LogP contribution in [-0.2, 0) is 4.79 Å². The maximum atomic E-state index is 12.6. The van der Waals surface area contributed by atoms with Gasteiger partial charge in [-0.3, -0.25) is 4.79 Å². The molecule has 1 fully saturated rings. The van der Waals surface area contributed by atoms with Gasteiger partial charge in [0.05, 0.1) is 0 Å². The Hall–Kier alpha value is -1.91. The summed E-state index contributed by atoms with van der Waals surface area (Å²) >= 11 is 0. The van der Waals surface area contributed by atoms with Gasteiger partial charge in [-0.15, -0.1) is 0 Å². The fourth-order valence-corrected chi connectivity index (χ4v) is 3.64. The van der Waals surface area contributed by atoms with Crippen molar-refractivity contribution in [3.05, 3.63) is 18.2 Å². The molecule has 5 heteroatoms. The standard InChI is InChI=1S/C20H30N2O3/c1-3-15(4-2)12-20(23)22-9-5-6-17(14-22)21-16-7-8-18-19(13-16)25-11-10-24-18/h7-8,13,15,17,21H,3-6,9-12,14H2,1-2H3/t17-/m0/s1. The lowest BCUT2D eigenvalue weighted by atomic mass is 9.97. The molecule has 0 bridgehead atoms. The SMILES string of the molecule is CCC(CC)CC(=O)N1CCC[C@H](Nc2ccc3c(c2)OCCO3)C1. The van der Waals surface area contributed by atoms with Gasteiger partial charge in [-0.05, 0) is 30.9 Å². The fraction of sp³-hybridized carbons (Fsp3) is 0.650. The highest BCUT2D eigenvalue weighted by molar-refractivity contribution is 5.76. The van der Waals surface area contributed by atoms with E-state index in [0.717, 1.165) is 56.0 Å². The first kappa shape index (κ1) is 17.9. The van der Waals surface area contributed by atoms with Crippen LogP contribution in [-0.4, -0.2) is 43.2 Å². The lowest BCUT2D eigenvalue weighted by Gasteiger charge is -2.34. The van der Waals surface area contributed by atoms with Crippen molar-refractivity contribution >= 4 is 11.6 Å². The van der Waals surface area contributed by atoms with Crippen LogP contribution in [0.25, 0.3) is 0 Å². The van der Waals surface area contributed by atoms with E-state index in [1.807, 2.05) is 23.1 Å². The Kier molecular flexibility index (Phi) is 6.05. The van der Waals surface area contributed by atoms with Gasteiger partial charge in [0.25, 0.3) is 0 Å². The maximum absolute atomic E-state index is 12.6. The van der Waals surface area contributed by atoms with Crippen LogP contribution in [0.15, 0.2) is 18.2 Å². The molecule has 0 unspecified atom stereocenters. The molecule has 1 amide bonds. The molecule has 1 atom stereocenters. The largest absolute Gasteiger partial charge is 0.486 e. The van der Waals surface area contributed by atoms with E-state index in [1.54, 1.807) is 0 Å². The molecule has 3 rings (SSSR count). The number of carbonyl (C=O) groups is 1. The normalized spacial score (nSPS) is 19.8. The molecule has 0 aromatic heterocycles. The van der Waals surface area contributed by atoms with Gasteiger partial charge in [-0.25, -0.2) is 0 Å². The Bertz CT molecular complexity index is 586. The van der Waals surface area contributed by atoms with Gasteiger partial charge in [-0.1, -0.05) is 26.7 Å². The number of piperidine rings is 1. The number of hydrogen-bond donors (Lipinski definition) is 1. The smallest absolute Gasteiger partial charge is 0.222 e. The number of rotatable bonds is 6. The van der Waals surface area contributed by atoms with Gasteiger partial charge in [0, 0.05) is 37.3 Å². The van der Waals surface area contributed by atoms with Gasteiger partial charge in [0.2, 0.25) is 5.91 Å². The first-order chi connectivity index (χ1) is 12.2. The van der Waals surface area contributed by atoms with Crippen LogP contribution < -0.4 is 14.8 Å². The average Bonchev–Trinajstić information content (AvgIpc) is 2.66. The molecule has 5 nitrogen and oxygen atoms in total. The van der Waals surface area contributed by atoms with Crippen LogP contribution in [0.1, 0.15) is 46.0 Å². The number of ether oxygens (including phenoxy) is 2. The minimum absolute atomic E-state index is 0.293. The van der Waals surface area contributed by atoms with Crippen LogP contribution in [0.5, 0.6) is 11.5 Å². The summed E-state index contributed by atoms with van der Waals surface area (Å²) in [5, 5.41) is 3.57. The highest BCUT2D eigenvalue weighted by Gasteiger charge is 2.25. The highest BCUT2D eigenvalue weighted by atomic mass is 16.6. The van der Waals surface area contributed by atoms with Gasteiger partial charge in [-0.2, -0.15) is 0 Å². The van der Waals surface area contributed by atoms with Crippen molar-refractivity contribution in [1.29, 1.82) is 0 Å². The number of carbonyl (C=O) groups excluding carboxylic acids is 1. The third-order valence-corrected chi connectivity index (χ3v) is 5.31. The van der Waals surface area contributed by atoms with E-state index in [4.69, 9.17) is 9.47 Å². The number of fused-ring (bicyclic) bond motifs is 1. The second-order valence-corrected chi connectivity index (χ2v) is 7.07. The zero-order valence-electron chi connectivity index (χ0n) is 15.4. The topological polar surface area (TPSA) is 50.8 Å². The van der Waals surface area contributed by atoms with Crippen molar-refractivity contribution in [3.8, 4) is 11.5 Å². The van der Waals surface area contributed by atoms with E-state index in [2.05, 4.69) is 19.2 Å². The molecule has 0 saturated carbocycles. The predicted molar refractivity (Wildman–Crippen MR) is 99.3 cm³/mol. The molecule has 1 saturated heterocycles. The van der Waals surface area contributed by atoms with Crippen molar-refractivity contribution in [2.75, 3.05) is 31.6 Å². The molecule has 2 heterocycles. The molecule has 2 aliphatic rings. The van der Waals surface area contributed by atoms with E-state index in [0.29, 0.717) is 37.5 Å². The first-order valence-electron chi connectivity index (χ1n) is 9.63. The minimum atomic E-state index is 0.293. The number of nitrogens with zero attached hydrogens (tertiary/aromatic N) is 1.